The third-order valence-electron chi connectivity index (χ3n) is 5.14. The van der Waals surface area contributed by atoms with Crippen LogP contribution in [-0.2, 0) is 13.6 Å². The van der Waals surface area contributed by atoms with Crippen LogP contribution in [-0.4, -0.2) is 40.2 Å². The average molecular weight is 340 g/mol. The van der Waals surface area contributed by atoms with Crippen molar-refractivity contribution >= 4 is 5.91 Å². The molecule has 0 radical (unpaired) electrons. The molecule has 1 atom stereocenters. The number of rotatable bonds is 5. The summed E-state index contributed by atoms with van der Waals surface area (Å²) in [5, 5.41) is 7.46. The lowest BCUT2D eigenvalue weighted by atomic mass is 9.97. The van der Waals surface area contributed by atoms with Crippen molar-refractivity contribution < 1.29 is 4.79 Å². The molecule has 0 spiro atoms. The van der Waals surface area contributed by atoms with E-state index >= 15 is 0 Å². The van der Waals surface area contributed by atoms with Crippen LogP contribution in [0.2, 0.25) is 0 Å². The number of aromatic nitrogens is 2. The second kappa shape index (κ2) is 7.83. The summed E-state index contributed by atoms with van der Waals surface area (Å²) >= 11 is 0. The van der Waals surface area contributed by atoms with Crippen molar-refractivity contribution in [2.45, 2.75) is 33.2 Å². The molecule has 3 rings (SSSR count). The average Bonchev–Trinajstić information content (AvgIpc) is 2.86. The molecule has 1 aromatic carbocycles. The van der Waals surface area contributed by atoms with Gasteiger partial charge in [-0.1, -0.05) is 30.3 Å². The van der Waals surface area contributed by atoms with Gasteiger partial charge in [-0.05, 0) is 44.7 Å². The van der Waals surface area contributed by atoms with Gasteiger partial charge in [0.05, 0.1) is 11.3 Å². The summed E-state index contributed by atoms with van der Waals surface area (Å²) in [6.45, 7) is 7.74. The Labute approximate surface area is 150 Å². The fourth-order valence-corrected chi connectivity index (χ4v) is 3.73. The van der Waals surface area contributed by atoms with E-state index in [4.69, 9.17) is 0 Å². The molecule has 5 heteroatoms. The zero-order valence-electron chi connectivity index (χ0n) is 15.5. The maximum absolute atomic E-state index is 12.5. The number of hydrogen-bond donors (Lipinski definition) is 1. The molecule has 1 aromatic heterocycles. The lowest BCUT2D eigenvalue weighted by Crippen LogP contribution is -2.40. The van der Waals surface area contributed by atoms with Gasteiger partial charge in [0.2, 0.25) is 0 Å². The van der Waals surface area contributed by atoms with E-state index in [9.17, 15) is 4.79 Å². The van der Waals surface area contributed by atoms with Crippen molar-refractivity contribution in [2.24, 2.45) is 13.0 Å². The third-order valence-corrected chi connectivity index (χ3v) is 5.14. The fraction of sp³-hybridized carbons (Fsp3) is 0.500. The van der Waals surface area contributed by atoms with Crippen molar-refractivity contribution in [2.75, 3.05) is 19.6 Å². The normalized spacial score (nSPS) is 18.3. The van der Waals surface area contributed by atoms with Gasteiger partial charge in [0, 0.05) is 32.4 Å². The number of piperidine rings is 1. The molecule has 1 N–H and O–H groups in total. The molecule has 5 nitrogen and oxygen atoms in total. The molecular formula is C20H28N4O. The van der Waals surface area contributed by atoms with E-state index in [1.165, 1.54) is 18.4 Å². The molecule has 1 aliphatic rings. The maximum atomic E-state index is 12.5. The van der Waals surface area contributed by atoms with Gasteiger partial charge in [-0.25, -0.2) is 0 Å². The van der Waals surface area contributed by atoms with E-state index in [2.05, 4.69) is 45.6 Å². The molecule has 1 aliphatic heterocycles. The van der Waals surface area contributed by atoms with Crippen LogP contribution in [0.5, 0.6) is 0 Å². The first-order valence-corrected chi connectivity index (χ1v) is 9.09. The monoisotopic (exact) mass is 340 g/mol. The fourth-order valence-electron chi connectivity index (χ4n) is 3.73. The molecule has 2 heterocycles. The van der Waals surface area contributed by atoms with Crippen LogP contribution in [0.1, 0.15) is 40.2 Å². The summed E-state index contributed by atoms with van der Waals surface area (Å²) in [5.41, 5.74) is 3.80. The molecule has 1 fully saturated rings. The van der Waals surface area contributed by atoms with Gasteiger partial charge in [0.15, 0.2) is 0 Å². The Balaban J connectivity index is 1.53. The molecule has 0 aliphatic carbocycles. The minimum Gasteiger partial charge on any atom is -0.352 e. The first-order chi connectivity index (χ1) is 12.0. The Morgan fingerprint density at radius 2 is 2.04 bits per heavy atom. The summed E-state index contributed by atoms with van der Waals surface area (Å²) in [7, 11) is 1.88. The van der Waals surface area contributed by atoms with E-state index in [-0.39, 0.29) is 5.91 Å². The van der Waals surface area contributed by atoms with Gasteiger partial charge >= 0.3 is 0 Å². The highest BCUT2D eigenvalue weighted by Gasteiger charge is 2.22. The minimum atomic E-state index is 0.00304. The quantitative estimate of drug-likeness (QED) is 0.910. The standard InChI is InChI=1S/C20H28N4O/c1-15-19(16(2)23(3)22-15)20(25)21-12-18-10-7-11-24(14-18)13-17-8-5-4-6-9-17/h4-6,8-9,18H,7,10-14H2,1-3H3,(H,21,25)/t18-/m1/s1. The first kappa shape index (κ1) is 17.7. The van der Waals surface area contributed by atoms with Crippen molar-refractivity contribution in [3.05, 3.63) is 52.8 Å². The number of likely N-dealkylation sites (tertiary alicyclic amines) is 1. The van der Waals surface area contributed by atoms with E-state index in [1.807, 2.05) is 20.9 Å². The van der Waals surface area contributed by atoms with Gasteiger partial charge in [-0.3, -0.25) is 14.4 Å². The predicted octanol–water partition coefficient (Wildman–Crippen LogP) is 2.68. The van der Waals surface area contributed by atoms with E-state index < -0.39 is 0 Å². The summed E-state index contributed by atoms with van der Waals surface area (Å²) < 4.78 is 1.77. The Bertz CT molecular complexity index is 723. The van der Waals surface area contributed by atoms with Crippen LogP contribution in [0.25, 0.3) is 0 Å². The Hall–Kier alpha value is -2.14. The third kappa shape index (κ3) is 4.28. The van der Waals surface area contributed by atoms with Crippen LogP contribution in [0, 0.1) is 19.8 Å². The summed E-state index contributed by atoms with van der Waals surface area (Å²) in [6, 6.07) is 10.6. The topological polar surface area (TPSA) is 50.2 Å². The number of nitrogens with one attached hydrogen (secondary N) is 1. The smallest absolute Gasteiger partial charge is 0.255 e. The largest absolute Gasteiger partial charge is 0.352 e. The lowest BCUT2D eigenvalue weighted by molar-refractivity contribution is 0.0929. The first-order valence-electron chi connectivity index (χ1n) is 9.09. The van der Waals surface area contributed by atoms with Crippen LogP contribution >= 0.6 is 0 Å². The predicted molar refractivity (Wildman–Crippen MR) is 99.5 cm³/mol. The SMILES string of the molecule is Cc1nn(C)c(C)c1C(=O)NC[C@H]1CCCN(Cc2ccccc2)C1. The van der Waals surface area contributed by atoms with Gasteiger partial charge in [0.1, 0.15) is 0 Å². The van der Waals surface area contributed by atoms with Crippen molar-refractivity contribution in [1.29, 1.82) is 0 Å². The molecule has 0 saturated carbocycles. The second-order valence-corrected chi connectivity index (χ2v) is 7.11. The highest BCUT2D eigenvalue weighted by Crippen LogP contribution is 2.18. The zero-order valence-corrected chi connectivity index (χ0v) is 15.5. The Morgan fingerprint density at radius 1 is 1.28 bits per heavy atom. The van der Waals surface area contributed by atoms with Crippen LogP contribution in [0.15, 0.2) is 30.3 Å². The maximum Gasteiger partial charge on any atom is 0.255 e. The zero-order chi connectivity index (χ0) is 17.8. The van der Waals surface area contributed by atoms with E-state index in [1.54, 1.807) is 4.68 Å². The van der Waals surface area contributed by atoms with Crippen LogP contribution < -0.4 is 5.32 Å². The van der Waals surface area contributed by atoms with Crippen LogP contribution in [0.3, 0.4) is 0 Å². The van der Waals surface area contributed by atoms with Crippen molar-refractivity contribution in [3.63, 3.8) is 0 Å². The number of nitrogens with zero attached hydrogens (tertiary/aromatic N) is 3. The van der Waals surface area contributed by atoms with Gasteiger partial charge < -0.3 is 5.32 Å². The van der Waals surface area contributed by atoms with Gasteiger partial charge in [0.25, 0.3) is 5.91 Å². The number of benzene rings is 1. The van der Waals surface area contributed by atoms with E-state index in [0.717, 1.165) is 43.1 Å². The van der Waals surface area contributed by atoms with E-state index in [0.29, 0.717) is 5.92 Å². The Kier molecular flexibility index (Phi) is 5.53. The molecular weight excluding hydrogens is 312 g/mol. The molecule has 2 aromatic rings. The molecule has 25 heavy (non-hydrogen) atoms. The number of aryl methyl sites for hydroxylation is 2. The number of amides is 1. The summed E-state index contributed by atoms with van der Waals surface area (Å²) in [5.74, 6) is 0.516. The highest BCUT2D eigenvalue weighted by atomic mass is 16.1. The second-order valence-electron chi connectivity index (χ2n) is 7.11. The van der Waals surface area contributed by atoms with Gasteiger partial charge in [-0.15, -0.1) is 0 Å². The summed E-state index contributed by atoms with van der Waals surface area (Å²) in [4.78, 5) is 15.0. The van der Waals surface area contributed by atoms with Crippen molar-refractivity contribution in [1.82, 2.24) is 20.0 Å². The highest BCUT2D eigenvalue weighted by molar-refractivity contribution is 5.96. The summed E-state index contributed by atoms with van der Waals surface area (Å²) in [6.07, 6.45) is 2.37. The van der Waals surface area contributed by atoms with Crippen LogP contribution in [0.4, 0.5) is 0 Å². The number of carbonyl (C=O) groups excluding carboxylic acids is 1. The minimum absolute atomic E-state index is 0.00304. The number of hydrogen-bond acceptors (Lipinski definition) is 3. The van der Waals surface area contributed by atoms with Crippen molar-refractivity contribution in [3.8, 4) is 0 Å². The lowest BCUT2D eigenvalue weighted by Gasteiger charge is -2.32. The molecule has 0 bridgehead atoms. The molecule has 1 amide bonds. The number of carbonyl (C=O) groups is 1. The molecule has 1 saturated heterocycles. The van der Waals surface area contributed by atoms with Gasteiger partial charge in [-0.2, -0.15) is 5.10 Å². The molecule has 0 unspecified atom stereocenters. The Morgan fingerprint density at radius 3 is 2.72 bits per heavy atom. The molecule has 134 valence electrons.